The fraction of sp³-hybridized carbons (Fsp3) is 1.00. The lowest BCUT2D eigenvalue weighted by Crippen LogP contribution is -3.25. The van der Waals surface area contributed by atoms with E-state index < -0.39 is 0 Å². The molecular formula is C27H28. The zero-order valence-corrected chi connectivity index (χ0v) is 16.4. The van der Waals surface area contributed by atoms with Gasteiger partial charge in [0.15, 0.2) is 0 Å². The number of hydrogen-bond acceptors (Lipinski definition) is 0. The molecule has 21 unspecified atom stereocenters. The van der Waals surface area contributed by atoms with Gasteiger partial charge in [-0.2, -0.15) is 0 Å². The second-order valence-electron chi connectivity index (χ2n) is 15.8. The van der Waals surface area contributed by atoms with E-state index in [2.05, 4.69) is 13.8 Å². The molecule has 0 radical (unpaired) electrons. The van der Waals surface area contributed by atoms with Crippen LogP contribution in [0.15, 0.2) is 0 Å². The summed E-state index contributed by atoms with van der Waals surface area (Å²) >= 11 is 0. The summed E-state index contributed by atoms with van der Waals surface area (Å²) in [5.41, 5.74) is 6.75. The molecule has 0 N–H and O–H groups in total. The first-order valence-electron chi connectivity index (χ1n) is 13.1. The molecule has 0 heteroatoms. The average Bonchev–Trinajstić information content (AvgIpc) is 2.56. The van der Waals surface area contributed by atoms with Gasteiger partial charge in [-0.25, -0.2) is 0 Å². The topological polar surface area (TPSA) is 0 Å². The minimum Gasteiger partial charge on any atom is -0.0582 e. The van der Waals surface area contributed by atoms with Gasteiger partial charge in [-0.05, 0) is 146 Å². The van der Waals surface area contributed by atoms with Crippen LogP contribution < -0.4 is 0 Å². The second kappa shape index (κ2) is 2.10. The highest BCUT2D eigenvalue weighted by atomic mass is 15.3. The van der Waals surface area contributed by atoms with Crippen molar-refractivity contribution in [1.82, 2.24) is 0 Å². The molecule has 14 saturated carbocycles. The molecular weight excluding hydrogens is 324 g/mol. The average molecular weight is 353 g/mol. The third kappa shape index (κ3) is 0.398. The quantitative estimate of drug-likeness (QED) is 0.609. The van der Waals surface area contributed by atoms with Gasteiger partial charge in [-0.15, -0.1) is 0 Å². The molecule has 0 amide bonds. The van der Waals surface area contributed by atoms with Crippen molar-refractivity contribution in [2.24, 2.45) is 121 Å². The third-order valence-corrected chi connectivity index (χ3v) is 19.4. The van der Waals surface area contributed by atoms with Crippen LogP contribution in [0.5, 0.6) is 0 Å². The van der Waals surface area contributed by atoms with Gasteiger partial charge >= 0.3 is 0 Å². The van der Waals surface area contributed by atoms with Gasteiger partial charge in [-0.3, -0.25) is 0 Å². The maximum absolute atomic E-state index is 2.95. The van der Waals surface area contributed by atoms with E-state index in [1.807, 2.05) is 0 Å². The summed E-state index contributed by atoms with van der Waals surface area (Å²) < 4.78 is 0. The lowest BCUT2D eigenvalue weighted by atomic mass is 8.76. The van der Waals surface area contributed by atoms with Crippen molar-refractivity contribution >= 4 is 0 Å². The SMILES string of the molecule is CC12C3C4CC5CC(C6C7C8C9CC%10CC%11C%12C%13C%14C3C1(C)C6%14C7%13C8%12C%109%11)C542. The molecule has 136 valence electrons. The Bertz CT molecular complexity index is 1140. The van der Waals surface area contributed by atoms with Crippen LogP contribution in [0.25, 0.3) is 0 Å². The fourth-order valence-corrected chi connectivity index (χ4v) is 21.4. The molecule has 0 aromatic heterocycles. The van der Waals surface area contributed by atoms with Gasteiger partial charge in [0.2, 0.25) is 0 Å². The highest BCUT2D eigenvalue weighted by molar-refractivity contribution is 5.71. The molecule has 0 nitrogen and oxygen atoms in total. The van der Waals surface area contributed by atoms with E-state index in [0.29, 0.717) is 0 Å². The summed E-state index contributed by atoms with van der Waals surface area (Å²) in [5, 5.41) is 0. The molecule has 0 bridgehead atoms. The zero-order chi connectivity index (χ0) is 16.4. The summed E-state index contributed by atoms with van der Waals surface area (Å²) in [6, 6.07) is 0. The zero-order valence-electron chi connectivity index (χ0n) is 16.4. The van der Waals surface area contributed by atoms with Crippen LogP contribution in [-0.2, 0) is 0 Å². The van der Waals surface area contributed by atoms with E-state index in [9.17, 15) is 0 Å². The standard InChI is InChI=1S/C27H28/c1-21-13-9-3-7-4-10(23(7,9)21)14-18-15-11-5-8-6-12-16-19-20-17(13)22(21,2)25(14,20)27(18,19)26(15,16)24(8,11)12/h7-20H,3-6H2,1-2H3. The smallest absolute Gasteiger partial charge is 0.00935 e. The maximum atomic E-state index is 2.95. The van der Waals surface area contributed by atoms with E-state index in [1.165, 1.54) is 82.9 Å². The van der Waals surface area contributed by atoms with Crippen LogP contribution in [0.2, 0.25) is 0 Å². The maximum Gasteiger partial charge on any atom is -0.00935 e. The Morgan fingerprint density at radius 2 is 0.963 bits per heavy atom. The van der Waals surface area contributed by atoms with Crippen molar-refractivity contribution < 1.29 is 0 Å². The summed E-state index contributed by atoms with van der Waals surface area (Å²) in [7, 11) is 0. The Labute approximate surface area is 160 Å². The monoisotopic (exact) mass is 352 g/mol. The minimum atomic E-state index is 0.855. The molecule has 21 atom stereocenters. The van der Waals surface area contributed by atoms with Gasteiger partial charge in [0.25, 0.3) is 0 Å². The largest absolute Gasteiger partial charge is 0.0582 e. The van der Waals surface area contributed by atoms with Gasteiger partial charge in [0.05, 0.1) is 0 Å². The first kappa shape index (κ1) is 11.4. The molecule has 0 heterocycles. The molecule has 14 fully saturated rings. The van der Waals surface area contributed by atoms with Crippen molar-refractivity contribution in [1.29, 1.82) is 0 Å². The van der Waals surface area contributed by atoms with Crippen LogP contribution >= 0.6 is 0 Å². The Hall–Kier alpha value is 0. The van der Waals surface area contributed by atoms with Crippen molar-refractivity contribution in [3.63, 3.8) is 0 Å². The molecule has 5 spiro atoms. The highest BCUT2D eigenvalue weighted by Crippen LogP contribution is 3.28. The Morgan fingerprint density at radius 1 is 0.444 bits per heavy atom. The Kier molecular flexibility index (Phi) is 0.887. The molecule has 0 aliphatic heterocycles. The van der Waals surface area contributed by atoms with Crippen LogP contribution in [0.1, 0.15) is 39.5 Å². The molecule has 14 aliphatic carbocycles. The van der Waals surface area contributed by atoms with Crippen molar-refractivity contribution in [3.8, 4) is 0 Å². The molecule has 0 aromatic rings. The van der Waals surface area contributed by atoms with Gasteiger partial charge < -0.3 is 0 Å². The predicted molar refractivity (Wildman–Crippen MR) is 95.7 cm³/mol. The summed E-state index contributed by atoms with van der Waals surface area (Å²) in [6.07, 6.45) is 6.86. The Morgan fingerprint density at radius 3 is 1.63 bits per heavy atom. The van der Waals surface area contributed by atoms with Crippen LogP contribution in [-0.4, -0.2) is 0 Å². The number of rotatable bonds is 0. The summed E-state index contributed by atoms with van der Waals surface area (Å²) in [6.45, 7) is 5.86. The number of fused-ring (bicyclic) bond motifs is 10. The number of hydrogen-bond donors (Lipinski definition) is 0. The molecule has 14 aliphatic rings. The van der Waals surface area contributed by atoms with Crippen LogP contribution in [0.3, 0.4) is 0 Å². The molecule has 27 heavy (non-hydrogen) atoms. The molecule has 0 aromatic carbocycles. The summed E-state index contributed by atoms with van der Waals surface area (Å²) in [4.78, 5) is 0. The van der Waals surface area contributed by atoms with Crippen LogP contribution in [0, 0.1) is 121 Å². The fourth-order valence-electron chi connectivity index (χ4n) is 21.4. The van der Waals surface area contributed by atoms with E-state index in [-0.39, 0.29) is 0 Å². The van der Waals surface area contributed by atoms with Crippen molar-refractivity contribution in [2.75, 3.05) is 0 Å². The molecule has 14 rings (SSSR count). The van der Waals surface area contributed by atoms with E-state index in [1.54, 1.807) is 25.7 Å². The predicted octanol–water partition coefficient (Wildman–Crippen LogP) is 4.31. The minimum absolute atomic E-state index is 0.855. The van der Waals surface area contributed by atoms with E-state index in [4.69, 9.17) is 0 Å². The van der Waals surface area contributed by atoms with E-state index >= 15 is 0 Å². The van der Waals surface area contributed by atoms with Gasteiger partial charge in [0, 0.05) is 0 Å². The normalized spacial score (nSPS) is 110. The van der Waals surface area contributed by atoms with Gasteiger partial charge in [0.1, 0.15) is 0 Å². The van der Waals surface area contributed by atoms with Crippen molar-refractivity contribution in [3.05, 3.63) is 0 Å². The van der Waals surface area contributed by atoms with Gasteiger partial charge in [-0.1, -0.05) is 13.8 Å². The summed E-state index contributed by atoms with van der Waals surface area (Å²) in [5.74, 6) is 17.9. The lowest BCUT2D eigenvalue weighted by molar-refractivity contribution is -0.818. The lowest BCUT2D eigenvalue weighted by Gasteiger charge is -3.27. The van der Waals surface area contributed by atoms with Crippen LogP contribution in [0.4, 0.5) is 0 Å². The Balaban J connectivity index is 1.14. The first-order valence-corrected chi connectivity index (χ1v) is 13.1. The van der Waals surface area contributed by atoms with E-state index in [0.717, 1.165) is 37.9 Å². The first-order chi connectivity index (χ1) is 13.1. The van der Waals surface area contributed by atoms with Crippen molar-refractivity contribution in [2.45, 2.75) is 39.5 Å². The third-order valence-electron chi connectivity index (χ3n) is 19.4. The highest BCUT2D eigenvalue weighted by Gasteiger charge is 3.25. The second-order valence-corrected chi connectivity index (χ2v) is 15.8. The molecule has 0 saturated heterocycles.